The average molecular weight is 311 g/mol. The molecule has 0 radical (unpaired) electrons. The predicted molar refractivity (Wildman–Crippen MR) is 76.4 cm³/mol. The zero-order valence-electron chi connectivity index (χ0n) is 10.7. The quantitative estimate of drug-likeness (QED) is 0.820. The number of carbonyl (C=O) groups excluding carboxylic acids is 1. The van der Waals surface area contributed by atoms with E-state index in [1.165, 1.54) is 6.42 Å². The van der Waals surface area contributed by atoms with Crippen molar-refractivity contribution < 1.29 is 4.79 Å². The van der Waals surface area contributed by atoms with E-state index in [2.05, 4.69) is 15.9 Å². The summed E-state index contributed by atoms with van der Waals surface area (Å²) < 4.78 is 1.07. The summed E-state index contributed by atoms with van der Waals surface area (Å²) in [5.74, 6) is 0. The first-order chi connectivity index (χ1) is 8.66. The third kappa shape index (κ3) is 3.48. The number of rotatable bonds is 2. The van der Waals surface area contributed by atoms with Crippen molar-refractivity contribution in [2.75, 3.05) is 20.1 Å². The van der Waals surface area contributed by atoms with Gasteiger partial charge in [0.25, 0.3) is 0 Å². The van der Waals surface area contributed by atoms with Gasteiger partial charge in [0.2, 0.25) is 0 Å². The number of hydrogen-bond donors (Lipinski definition) is 0. The van der Waals surface area contributed by atoms with Crippen LogP contribution in [0.25, 0.3) is 0 Å². The Labute approximate surface area is 117 Å². The number of urea groups is 1. The smallest absolute Gasteiger partial charge is 0.320 e. The molecule has 98 valence electrons. The van der Waals surface area contributed by atoms with Crippen molar-refractivity contribution >= 4 is 22.0 Å². The first kappa shape index (κ1) is 13.4. The minimum absolute atomic E-state index is 0.151. The average Bonchev–Trinajstić information content (AvgIpc) is 2.41. The highest BCUT2D eigenvalue weighted by molar-refractivity contribution is 9.10. The second kappa shape index (κ2) is 6.23. The lowest BCUT2D eigenvalue weighted by molar-refractivity contribution is 0.151. The van der Waals surface area contributed by atoms with Gasteiger partial charge >= 0.3 is 6.03 Å². The zero-order valence-corrected chi connectivity index (χ0v) is 12.3. The number of amides is 2. The largest absolute Gasteiger partial charge is 0.325 e. The van der Waals surface area contributed by atoms with Crippen molar-refractivity contribution in [1.29, 1.82) is 0 Å². The fraction of sp³-hybridized carbons (Fsp3) is 0.500. The molecule has 0 unspecified atom stereocenters. The van der Waals surface area contributed by atoms with Gasteiger partial charge in [-0.15, -0.1) is 0 Å². The molecule has 0 atom stereocenters. The molecule has 1 heterocycles. The second-order valence-electron chi connectivity index (χ2n) is 4.81. The van der Waals surface area contributed by atoms with Crippen molar-refractivity contribution in [3.8, 4) is 0 Å². The van der Waals surface area contributed by atoms with Gasteiger partial charge in [0.1, 0.15) is 0 Å². The Morgan fingerprint density at radius 2 is 1.83 bits per heavy atom. The SMILES string of the molecule is CN(Cc1ccc(Br)cc1)C(=O)N1CCCCC1. The van der Waals surface area contributed by atoms with E-state index in [1.807, 2.05) is 36.2 Å². The lowest BCUT2D eigenvalue weighted by Gasteiger charge is -2.31. The predicted octanol–water partition coefficient (Wildman–Crippen LogP) is 3.49. The monoisotopic (exact) mass is 310 g/mol. The Morgan fingerprint density at radius 3 is 2.44 bits per heavy atom. The Bertz CT molecular complexity index is 399. The van der Waals surface area contributed by atoms with Crippen molar-refractivity contribution in [2.45, 2.75) is 25.8 Å². The van der Waals surface area contributed by atoms with Crippen molar-refractivity contribution in [3.05, 3.63) is 34.3 Å². The molecule has 0 aromatic heterocycles. The van der Waals surface area contributed by atoms with Crippen LogP contribution >= 0.6 is 15.9 Å². The standard InChI is InChI=1S/C14H19BrN2O/c1-16(11-12-5-7-13(15)8-6-12)14(18)17-9-3-2-4-10-17/h5-8H,2-4,9-11H2,1H3. The summed E-state index contributed by atoms with van der Waals surface area (Å²) in [6, 6.07) is 8.26. The van der Waals surface area contributed by atoms with E-state index in [4.69, 9.17) is 0 Å². The van der Waals surface area contributed by atoms with E-state index in [-0.39, 0.29) is 6.03 Å². The van der Waals surface area contributed by atoms with Crippen LogP contribution in [0.3, 0.4) is 0 Å². The molecule has 2 rings (SSSR count). The molecule has 3 nitrogen and oxygen atoms in total. The number of likely N-dealkylation sites (tertiary alicyclic amines) is 1. The summed E-state index contributed by atoms with van der Waals surface area (Å²) in [4.78, 5) is 16.0. The summed E-state index contributed by atoms with van der Waals surface area (Å²) in [5.41, 5.74) is 1.16. The lowest BCUT2D eigenvalue weighted by Crippen LogP contribution is -2.43. The van der Waals surface area contributed by atoms with Crippen LogP contribution in [-0.2, 0) is 6.54 Å². The number of halogens is 1. The summed E-state index contributed by atoms with van der Waals surface area (Å²) in [6.45, 7) is 2.48. The number of benzene rings is 1. The van der Waals surface area contributed by atoms with Crippen LogP contribution in [0, 0.1) is 0 Å². The molecule has 0 N–H and O–H groups in total. The maximum Gasteiger partial charge on any atom is 0.320 e. The summed E-state index contributed by atoms with van der Waals surface area (Å²) in [6.07, 6.45) is 3.52. The molecule has 1 aliphatic heterocycles. The van der Waals surface area contributed by atoms with Crippen LogP contribution in [0.15, 0.2) is 28.7 Å². The molecule has 1 aromatic carbocycles. The van der Waals surface area contributed by atoms with E-state index < -0.39 is 0 Å². The van der Waals surface area contributed by atoms with E-state index in [0.717, 1.165) is 36.0 Å². The van der Waals surface area contributed by atoms with E-state index >= 15 is 0 Å². The maximum atomic E-state index is 12.2. The van der Waals surface area contributed by atoms with Crippen LogP contribution in [0.4, 0.5) is 4.79 Å². The summed E-state index contributed by atoms with van der Waals surface area (Å²) in [5, 5.41) is 0. The molecule has 0 saturated carbocycles. The van der Waals surface area contributed by atoms with Crippen LogP contribution in [0.2, 0.25) is 0 Å². The number of nitrogens with zero attached hydrogens (tertiary/aromatic N) is 2. The Morgan fingerprint density at radius 1 is 1.22 bits per heavy atom. The van der Waals surface area contributed by atoms with Gasteiger partial charge in [0.15, 0.2) is 0 Å². The maximum absolute atomic E-state index is 12.2. The lowest BCUT2D eigenvalue weighted by atomic mass is 10.1. The Hall–Kier alpha value is -1.03. The second-order valence-corrected chi connectivity index (χ2v) is 5.73. The molecule has 18 heavy (non-hydrogen) atoms. The van der Waals surface area contributed by atoms with Crippen molar-refractivity contribution in [1.82, 2.24) is 9.80 Å². The Kier molecular flexibility index (Phi) is 4.64. The molecule has 0 bridgehead atoms. The van der Waals surface area contributed by atoms with Crippen LogP contribution in [0.1, 0.15) is 24.8 Å². The molecule has 2 amide bonds. The topological polar surface area (TPSA) is 23.6 Å². The highest BCUT2D eigenvalue weighted by Crippen LogP contribution is 2.14. The number of hydrogen-bond acceptors (Lipinski definition) is 1. The molecule has 0 aliphatic carbocycles. The van der Waals surface area contributed by atoms with Crippen LogP contribution in [-0.4, -0.2) is 36.0 Å². The van der Waals surface area contributed by atoms with Gasteiger partial charge in [0, 0.05) is 31.2 Å². The van der Waals surface area contributed by atoms with Gasteiger partial charge in [-0.3, -0.25) is 0 Å². The van der Waals surface area contributed by atoms with Gasteiger partial charge in [-0.25, -0.2) is 4.79 Å². The summed E-state index contributed by atoms with van der Waals surface area (Å²) >= 11 is 3.41. The zero-order chi connectivity index (χ0) is 13.0. The van der Waals surface area contributed by atoms with Gasteiger partial charge in [0.05, 0.1) is 0 Å². The molecular weight excluding hydrogens is 292 g/mol. The Balaban J connectivity index is 1.92. The number of carbonyl (C=O) groups is 1. The van der Waals surface area contributed by atoms with Gasteiger partial charge in [-0.05, 0) is 37.0 Å². The molecular formula is C14H19BrN2O. The first-order valence-corrected chi connectivity index (χ1v) is 7.20. The fourth-order valence-corrected chi connectivity index (χ4v) is 2.52. The van der Waals surface area contributed by atoms with Crippen LogP contribution < -0.4 is 0 Å². The highest BCUT2D eigenvalue weighted by atomic mass is 79.9. The summed E-state index contributed by atoms with van der Waals surface area (Å²) in [7, 11) is 1.87. The molecule has 1 saturated heterocycles. The molecule has 1 aliphatic rings. The van der Waals surface area contributed by atoms with Crippen molar-refractivity contribution in [2.24, 2.45) is 0 Å². The van der Waals surface area contributed by atoms with E-state index in [1.54, 1.807) is 4.90 Å². The first-order valence-electron chi connectivity index (χ1n) is 6.41. The normalized spacial score (nSPS) is 15.6. The fourth-order valence-electron chi connectivity index (χ4n) is 2.26. The number of piperidine rings is 1. The minimum Gasteiger partial charge on any atom is -0.325 e. The third-order valence-electron chi connectivity index (χ3n) is 3.29. The van der Waals surface area contributed by atoms with E-state index in [0.29, 0.717) is 6.54 Å². The van der Waals surface area contributed by atoms with Crippen LogP contribution in [0.5, 0.6) is 0 Å². The van der Waals surface area contributed by atoms with Gasteiger partial charge in [-0.2, -0.15) is 0 Å². The van der Waals surface area contributed by atoms with E-state index in [9.17, 15) is 4.79 Å². The molecule has 4 heteroatoms. The van der Waals surface area contributed by atoms with Gasteiger partial charge in [-0.1, -0.05) is 28.1 Å². The highest BCUT2D eigenvalue weighted by Gasteiger charge is 2.19. The molecule has 0 spiro atoms. The molecule has 1 fully saturated rings. The minimum atomic E-state index is 0.151. The molecule has 1 aromatic rings. The third-order valence-corrected chi connectivity index (χ3v) is 3.81. The van der Waals surface area contributed by atoms with Crippen molar-refractivity contribution in [3.63, 3.8) is 0 Å². The van der Waals surface area contributed by atoms with Gasteiger partial charge < -0.3 is 9.80 Å².